The third-order valence-electron chi connectivity index (χ3n) is 2.71. The Morgan fingerprint density at radius 2 is 1.53 bits per heavy atom. The number of hydrogen-bond acceptors (Lipinski definition) is 2. The summed E-state index contributed by atoms with van der Waals surface area (Å²) in [7, 11) is 0. The molecule has 1 rings (SSSR count). The number of benzene rings is 1. The van der Waals surface area contributed by atoms with E-state index in [-0.39, 0.29) is 5.56 Å². The van der Waals surface area contributed by atoms with Crippen molar-refractivity contribution in [2.45, 2.75) is 31.7 Å². The highest BCUT2D eigenvalue weighted by Gasteiger charge is 2.60. The van der Waals surface area contributed by atoms with Crippen molar-refractivity contribution in [2.24, 2.45) is 5.92 Å². The lowest BCUT2D eigenvalue weighted by molar-refractivity contribution is -0.303. The highest BCUT2D eigenvalue weighted by atomic mass is 19.4. The van der Waals surface area contributed by atoms with Crippen LogP contribution in [0.25, 0.3) is 0 Å². The van der Waals surface area contributed by atoms with E-state index < -0.39 is 23.8 Å². The Kier molecular flexibility index (Phi) is 3.84. The molecule has 2 N–H and O–H groups in total. The van der Waals surface area contributed by atoms with Gasteiger partial charge in [0.05, 0.1) is 6.10 Å². The molecular formula is C12H15F3O2. The van der Waals surface area contributed by atoms with E-state index in [9.17, 15) is 23.4 Å². The van der Waals surface area contributed by atoms with Crippen LogP contribution in [0.1, 0.15) is 19.4 Å². The van der Waals surface area contributed by atoms with Crippen molar-refractivity contribution in [2.75, 3.05) is 0 Å². The highest BCUT2D eigenvalue weighted by Crippen LogP contribution is 2.43. The van der Waals surface area contributed by atoms with E-state index in [1.807, 2.05) is 0 Å². The largest absolute Gasteiger partial charge is 0.424 e. The number of aliphatic hydroxyl groups excluding tert-OH is 1. The van der Waals surface area contributed by atoms with E-state index in [0.717, 1.165) is 12.1 Å². The van der Waals surface area contributed by atoms with Crippen LogP contribution in [0, 0.1) is 5.92 Å². The first-order valence-electron chi connectivity index (χ1n) is 5.24. The maximum Gasteiger partial charge on any atom is 0.424 e. The molecule has 0 unspecified atom stereocenters. The molecular weight excluding hydrogens is 233 g/mol. The van der Waals surface area contributed by atoms with Crippen LogP contribution in [-0.4, -0.2) is 22.5 Å². The number of hydrogen-bond donors (Lipinski definition) is 2. The molecule has 0 amide bonds. The van der Waals surface area contributed by atoms with Gasteiger partial charge in [-0.3, -0.25) is 0 Å². The molecule has 0 aliphatic carbocycles. The van der Waals surface area contributed by atoms with Crippen LogP contribution >= 0.6 is 0 Å². The lowest BCUT2D eigenvalue weighted by atomic mass is 9.82. The zero-order chi connectivity index (χ0) is 13.3. The second-order valence-corrected chi connectivity index (χ2v) is 4.32. The Balaban J connectivity index is 3.31. The molecule has 17 heavy (non-hydrogen) atoms. The highest BCUT2D eigenvalue weighted by molar-refractivity contribution is 5.26. The van der Waals surface area contributed by atoms with Gasteiger partial charge in [-0.05, 0) is 11.5 Å². The van der Waals surface area contributed by atoms with Gasteiger partial charge in [0, 0.05) is 0 Å². The van der Waals surface area contributed by atoms with E-state index in [1.54, 1.807) is 6.07 Å². The lowest BCUT2D eigenvalue weighted by Gasteiger charge is -2.37. The smallest absolute Gasteiger partial charge is 0.389 e. The van der Waals surface area contributed by atoms with Crippen LogP contribution < -0.4 is 0 Å². The summed E-state index contributed by atoms with van der Waals surface area (Å²) in [5.41, 5.74) is -3.59. The normalized spacial score (nSPS) is 17.9. The quantitative estimate of drug-likeness (QED) is 0.862. The molecule has 2 nitrogen and oxygen atoms in total. The summed E-state index contributed by atoms with van der Waals surface area (Å²) in [6, 6.07) is 6.62. The molecule has 0 saturated carbocycles. The zero-order valence-electron chi connectivity index (χ0n) is 9.57. The molecule has 0 fully saturated rings. The van der Waals surface area contributed by atoms with Crippen molar-refractivity contribution in [3.05, 3.63) is 35.9 Å². The molecule has 0 spiro atoms. The third kappa shape index (κ3) is 2.45. The molecule has 1 aromatic rings. The summed E-state index contributed by atoms with van der Waals surface area (Å²) in [4.78, 5) is 0. The first-order valence-corrected chi connectivity index (χ1v) is 5.24. The van der Waals surface area contributed by atoms with Crippen molar-refractivity contribution in [1.29, 1.82) is 0 Å². The van der Waals surface area contributed by atoms with Gasteiger partial charge in [-0.1, -0.05) is 44.2 Å². The zero-order valence-corrected chi connectivity index (χ0v) is 9.57. The van der Waals surface area contributed by atoms with Gasteiger partial charge < -0.3 is 10.2 Å². The number of halogens is 3. The van der Waals surface area contributed by atoms with Gasteiger partial charge in [0.25, 0.3) is 0 Å². The van der Waals surface area contributed by atoms with E-state index in [4.69, 9.17) is 0 Å². The van der Waals surface area contributed by atoms with E-state index in [0.29, 0.717) is 0 Å². The Bertz CT molecular complexity index is 362. The molecule has 0 heterocycles. The van der Waals surface area contributed by atoms with Gasteiger partial charge in [0.15, 0.2) is 0 Å². The van der Waals surface area contributed by atoms with Crippen LogP contribution in [0.2, 0.25) is 0 Å². The Morgan fingerprint density at radius 1 is 1.06 bits per heavy atom. The fourth-order valence-electron chi connectivity index (χ4n) is 1.68. The molecule has 5 heteroatoms. The van der Waals surface area contributed by atoms with Gasteiger partial charge in [-0.15, -0.1) is 0 Å². The molecule has 0 saturated heterocycles. The molecule has 96 valence electrons. The van der Waals surface area contributed by atoms with Crippen molar-refractivity contribution in [3.63, 3.8) is 0 Å². The summed E-state index contributed by atoms with van der Waals surface area (Å²) in [5, 5.41) is 19.5. The second-order valence-electron chi connectivity index (χ2n) is 4.32. The Hall–Kier alpha value is -1.07. The summed E-state index contributed by atoms with van der Waals surface area (Å²) in [6.45, 7) is 2.84. The standard InChI is InChI=1S/C12H15F3O2/c1-8(2)10(16)11(17,12(13,14)15)9-6-4-3-5-7-9/h3-8,10,16-17H,1-2H3/t10-,11-/m0/s1. The summed E-state index contributed by atoms with van der Waals surface area (Å²) >= 11 is 0. The Labute approximate surface area is 97.7 Å². The minimum atomic E-state index is -4.93. The first kappa shape index (κ1) is 14.0. The molecule has 2 atom stereocenters. The van der Waals surface area contributed by atoms with Gasteiger partial charge in [0.1, 0.15) is 0 Å². The van der Waals surface area contributed by atoms with Crippen LogP contribution in [0.5, 0.6) is 0 Å². The van der Waals surface area contributed by atoms with Crippen molar-refractivity contribution < 1.29 is 23.4 Å². The predicted octanol–water partition coefficient (Wildman–Crippen LogP) is 2.45. The minimum Gasteiger partial charge on any atom is -0.389 e. The molecule has 0 radical (unpaired) electrons. The van der Waals surface area contributed by atoms with Crippen LogP contribution in [0.3, 0.4) is 0 Å². The molecule has 1 aromatic carbocycles. The van der Waals surface area contributed by atoms with Crippen LogP contribution in [-0.2, 0) is 5.60 Å². The average molecular weight is 248 g/mol. The number of alkyl halides is 3. The summed E-state index contributed by atoms with van der Waals surface area (Å²) in [6.07, 6.45) is -6.84. The maximum absolute atomic E-state index is 13.0. The monoisotopic (exact) mass is 248 g/mol. The minimum absolute atomic E-state index is 0.353. The number of aliphatic hydroxyl groups is 2. The van der Waals surface area contributed by atoms with E-state index in [1.165, 1.54) is 26.0 Å². The second kappa shape index (κ2) is 4.66. The molecule has 0 aliphatic heterocycles. The predicted molar refractivity (Wildman–Crippen MR) is 57.2 cm³/mol. The summed E-state index contributed by atoms with van der Waals surface area (Å²) < 4.78 is 39.0. The van der Waals surface area contributed by atoms with Crippen molar-refractivity contribution >= 4 is 0 Å². The number of rotatable bonds is 3. The summed E-state index contributed by atoms with van der Waals surface area (Å²) in [5.74, 6) is -0.721. The third-order valence-corrected chi connectivity index (χ3v) is 2.71. The van der Waals surface area contributed by atoms with Crippen LogP contribution in [0.15, 0.2) is 30.3 Å². The Morgan fingerprint density at radius 3 is 1.88 bits per heavy atom. The fraction of sp³-hybridized carbons (Fsp3) is 0.500. The average Bonchev–Trinajstić information content (AvgIpc) is 2.26. The van der Waals surface area contributed by atoms with Gasteiger partial charge >= 0.3 is 6.18 Å². The molecule has 0 aromatic heterocycles. The van der Waals surface area contributed by atoms with E-state index >= 15 is 0 Å². The van der Waals surface area contributed by atoms with Gasteiger partial charge in [0.2, 0.25) is 5.60 Å². The van der Waals surface area contributed by atoms with Gasteiger partial charge in [-0.2, -0.15) is 13.2 Å². The van der Waals surface area contributed by atoms with E-state index in [2.05, 4.69) is 0 Å². The van der Waals surface area contributed by atoms with Crippen molar-refractivity contribution in [3.8, 4) is 0 Å². The van der Waals surface area contributed by atoms with Crippen molar-refractivity contribution in [1.82, 2.24) is 0 Å². The maximum atomic E-state index is 13.0. The topological polar surface area (TPSA) is 40.5 Å². The van der Waals surface area contributed by atoms with Gasteiger partial charge in [-0.25, -0.2) is 0 Å². The fourth-order valence-corrected chi connectivity index (χ4v) is 1.68. The molecule has 0 aliphatic rings. The molecule has 0 bridgehead atoms. The SMILES string of the molecule is CC(C)[C@H](O)[C@@](O)(c1ccccc1)C(F)(F)F. The first-order chi connectivity index (χ1) is 7.71. The lowest BCUT2D eigenvalue weighted by Crippen LogP contribution is -2.53. The van der Waals surface area contributed by atoms with Crippen LogP contribution in [0.4, 0.5) is 13.2 Å².